The smallest absolute Gasteiger partial charge is 0.254 e. The molecule has 0 spiro atoms. The molecule has 1 fully saturated rings. The van der Waals surface area contributed by atoms with Crippen molar-refractivity contribution in [3.05, 3.63) is 35.4 Å². The molecule has 1 aromatic rings. The van der Waals surface area contributed by atoms with E-state index in [9.17, 15) is 15.0 Å². The Morgan fingerprint density at radius 2 is 2.11 bits per heavy atom. The molecule has 0 saturated carbocycles. The number of aliphatic hydroxyl groups is 2. The number of hydrogen-bond donors (Lipinski definition) is 2. The second kappa shape index (κ2) is 5.31. The zero-order chi connectivity index (χ0) is 14.0. The Bertz CT molecular complexity index is 459. The fourth-order valence-corrected chi connectivity index (χ4v) is 2.11. The summed E-state index contributed by atoms with van der Waals surface area (Å²) in [4.78, 5) is 13.7. The summed E-state index contributed by atoms with van der Waals surface area (Å²) in [5, 5.41) is 18.9. The first-order chi connectivity index (χ1) is 8.85. The van der Waals surface area contributed by atoms with E-state index in [-0.39, 0.29) is 12.0 Å². The first-order valence-electron chi connectivity index (χ1n) is 6.64. The number of carbonyl (C=O) groups excluding carboxylic acids is 1. The van der Waals surface area contributed by atoms with Gasteiger partial charge >= 0.3 is 0 Å². The van der Waals surface area contributed by atoms with E-state index in [4.69, 9.17) is 0 Å². The minimum Gasteiger partial charge on any atom is -0.390 e. The minimum atomic E-state index is -0.693. The van der Waals surface area contributed by atoms with Crippen LogP contribution in [-0.2, 0) is 6.42 Å². The van der Waals surface area contributed by atoms with Crippen LogP contribution in [0.4, 0.5) is 0 Å². The minimum absolute atomic E-state index is 0.0320. The molecule has 104 valence electrons. The van der Waals surface area contributed by atoms with E-state index >= 15 is 0 Å². The first kappa shape index (κ1) is 14.0. The van der Waals surface area contributed by atoms with Crippen molar-refractivity contribution in [1.29, 1.82) is 0 Å². The number of likely N-dealkylation sites (tertiary alicyclic amines) is 1. The van der Waals surface area contributed by atoms with Gasteiger partial charge in [0.05, 0.1) is 11.7 Å². The van der Waals surface area contributed by atoms with Gasteiger partial charge in [-0.2, -0.15) is 0 Å². The van der Waals surface area contributed by atoms with Gasteiger partial charge in [-0.25, -0.2) is 0 Å². The van der Waals surface area contributed by atoms with Gasteiger partial charge in [-0.15, -0.1) is 0 Å². The molecular formula is C15H21NO3. The number of aliphatic hydroxyl groups excluding tert-OH is 1. The number of nitrogens with zero attached hydrogens (tertiary/aromatic N) is 1. The quantitative estimate of drug-likeness (QED) is 0.858. The summed E-state index contributed by atoms with van der Waals surface area (Å²) in [5.74, 6) is -0.0320. The van der Waals surface area contributed by atoms with Crippen LogP contribution in [-0.4, -0.2) is 45.8 Å². The topological polar surface area (TPSA) is 60.8 Å². The van der Waals surface area contributed by atoms with Crippen LogP contribution in [0, 0.1) is 0 Å². The van der Waals surface area contributed by atoms with Gasteiger partial charge < -0.3 is 15.1 Å². The molecule has 1 amide bonds. The zero-order valence-electron chi connectivity index (χ0n) is 11.5. The molecule has 0 aliphatic carbocycles. The second-order valence-corrected chi connectivity index (χ2v) is 5.88. The maximum atomic E-state index is 12.1. The van der Waals surface area contributed by atoms with Gasteiger partial charge in [0.1, 0.15) is 0 Å². The number of amides is 1. The number of β-amino-alcohol motifs (C(OH)–C–C–N with tert-alkyl or cyclic N) is 1. The standard InChI is InChI=1S/C15H21NO3/c1-15(2,19)7-6-11-4-3-5-12(8-11)14(18)16-9-13(17)10-16/h3-5,8,13,17,19H,6-7,9-10H2,1-2H3. The average Bonchev–Trinajstić information content (AvgIpc) is 2.31. The summed E-state index contributed by atoms with van der Waals surface area (Å²) in [6, 6.07) is 7.50. The Morgan fingerprint density at radius 1 is 1.42 bits per heavy atom. The summed E-state index contributed by atoms with van der Waals surface area (Å²) in [7, 11) is 0. The monoisotopic (exact) mass is 263 g/mol. The van der Waals surface area contributed by atoms with Crippen molar-refractivity contribution in [3.8, 4) is 0 Å². The highest BCUT2D eigenvalue weighted by Crippen LogP contribution is 2.17. The Morgan fingerprint density at radius 3 is 2.68 bits per heavy atom. The van der Waals surface area contributed by atoms with Crippen LogP contribution in [0.15, 0.2) is 24.3 Å². The van der Waals surface area contributed by atoms with Crippen molar-refractivity contribution in [2.24, 2.45) is 0 Å². The number of aryl methyl sites for hydroxylation is 1. The molecular weight excluding hydrogens is 242 g/mol. The van der Waals surface area contributed by atoms with Crippen LogP contribution in [0.25, 0.3) is 0 Å². The molecule has 2 N–H and O–H groups in total. The summed E-state index contributed by atoms with van der Waals surface area (Å²) in [5.41, 5.74) is 1.01. The molecule has 2 rings (SSSR count). The lowest BCUT2D eigenvalue weighted by Gasteiger charge is -2.35. The van der Waals surface area contributed by atoms with E-state index in [0.29, 0.717) is 25.1 Å². The highest BCUT2D eigenvalue weighted by molar-refractivity contribution is 5.95. The molecule has 0 unspecified atom stereocenters. The Labute approximate surface area is 113 Å². The number of carbonyl (C=O) groups is 1. The van der Waals surface area contributed by atoms with Gasteiger partial charge in [0.15, 0.2) is 0 Å². The van der Waals surface area contributed by atoms with Crippen molar-refractivity contribution < 1.29 is 15.0 Å². The van der Waals surface area contributed by atoms with E-state index in [1.165, 1.54) is 0 Å². The van der Waals surface area contributed by atoms with Crippen LogP contribution in [0.3, 0.4) is 0 Å². The largest absolute Gasteiger partial charge is 0.390 e. The molecule has 4 nitrogen and oxygen atoms in total. The third-order valence-corrected chi connectivity index (χ3v) is 3.35. The Kier molecular flexibility index (Phi) is 3.92. The van der Waals surface area contributed by atoms with Crippen LogP contribution in [0.1, 0.15) is 36.2 Å². The molecule has 0 radical (unpaired) electrons. The van der Waals surface area contributed by atoms with Gasteiger partial charge in [0.25, 0.3) is 5.91 Å². The van der Waals surface area contributed by atoms with Crippen LogP contribution >= 0.6 is 0 Å². The fraction of sp³-hybridized carbons (Fsp3) is 0.533. The van der Waals surface area contributed by atoms with Crippen molar-refractivity contribution in [2.45, 2.75) is 38.4 Å². The molecule has 1 saturated heterocycles. The predicted molar refractivity (Wildman–Crippen MR) is 73.0 cm³/mol. The van der Waals surface area contributed by atoms with E-state index in [2.05, 4.69) is 0 Å². The predicted octanol–water partition coefficient (Wildman–Crippen LogP) is 1.21. The van der Waals surface area contributed by atoms with Crippen molar-refractivity contribution in [2.75, 3.05) is 13.1 Å². The molecule has 1 heterocycles. The van der Waals surface area contributed by atoms with E-state index in [1.807, 2.05) is 18.2 Å². The van der Waals surface area contributed by atoms with Gasteiger partial charge in [-0.05, 0) is 44.4 Å². The maximum absolute atomic E-state index is 12.1. The lowest BCUT2D eigenvalue weighted by Crippen LogP contribution is -2.53. The second-order valence-electron chi connectivity index (χ2n) is 5.88. The zero-order valence-corrected chi connectivity index (χ0v) is 11.5. The van der Waals surface area contributed by atoms with Crippen LogP contribution in [0.2, 0.25) is 0 Å². The Balaban J connectivity index is 2.00. The average molecular weight is 263 g/mol. The lowest BCUT2D eigenvalue weighted by atomic mass is 9.97. The number of rotatable bonds is 4. The summed E-state index contributed by atoms with van der Waals surface area (Å²) in [6.45, 7) is 4.41. The fourth-order valence-electron chi connectivity index (χ4n) is 2.11. The highest BCUT2D eigenvalue weighted by Gasteiger charge is 2.29. The molecule has 1 aromatic carbocycles. The van der Waals surface area contributed by atoms with E-state index in [1.54, 1.807) is 24.8 Å². The normalized spacial score (nSPS) is 16.3. The molecule has 0 atom stereocenters. The summed E-state index contributed by atoms with van der Waals surface area (Å²) < 4.78 is 0. The van der Waals surface area contributed by atoms with Crippen molar-refractivity contribution >= 4 is 5.91 Å². The van der Waals surface area contributed by atoms with Crippen LogP contribution in [0.5, 0.6) is 0 Å². The molecule has 0 bridgehead atoms. The highest BCUT2D eigenvalue weighted by atomic mass is 16.3. The maximum Gasteiger partial charge on any atom is 0.254 e. The van der Waals surface area contributed by atoms with Gasteiger partial charge in [-0.1, -0.05) is 12.1 Å². The van der Waals surface area contributed by atoms with Crippen LogP contribution < -0.4 is 0 Å². The SMILES string of the molecule is CC(C)(O)CCc1cccc(C(=O)N2CC(O)C2)c1. The van der Waals surface area contributed by atoms with Gasteiger partial charge in [-0.3, -0.25) is 4.79 Å². The third kappa shape index (κ3) is 3.78. The molecule has 1 aliphatic heterocycles. The molecule has 19 heavy (non-hydrogen) atoms. The van der Waals surface area contributed by atoms with Gasteiger partial charge in [0.2, 0.25) is 0 Å². The van der Waals surface area contributed by atoms with E-state index < -0.39 is 5.60 Å². The first-order valence-corrected chi connectivity index (χ1v) is 6.64. The van der Waals surface area contributed by atoms with Crippen molar-refractivity contribution in [1.82, 2.24) is 4.90 Å². The lowest BCUT2D eigenvalue weighted by molar-refractivity contribution is 0.00589. The van der Waals surface area contributed by atoms with E-state index in [0.717, 1.165) is 12.0 Å². The molecule has 1 aliphatic rings. The number of benzene rings is 1. The summed E-state index contributed by atoms with van der Waals surface area (Å²) in [6.07, 6.45) is 1.03. The molecule has 0 aromatic heterocycles. The summed E-state index contributed by atoms with van der Waals surface area (Å²) >= 11 is 0. The van der Waals surface area contributed by atoms with Crippen molar-refractivity contribution in [3.63, 3.8) is 0 Å². The van der Waals surface area contributed by atoms with Gasteiger partial charge in [0, 0.05) is 18.7 Å². The third-order valence-electron chi connectivity index (χ3n) is 3.35. The Hall–Kier alpha value is -1.39. The molecule has 4 heteroatoms. The number of hydrogen-bond acceptors (Lipinski definition) is 3.